The summed E-state index contributed by atoms with van der Waals surface area (Å²) in [7, 11) is 0. The molecule has 2 heteroatoms. The molecule has 0 unspecified atom stereocenters. The van der Waals surface area contributed by atoms with E-state index < -0.39 is 0 Å². The van der Waals surface area contributed by atoms with Crippen LogP contribution >= 0.6 is 0 Å². The molecule has 0 bridgehead atoms. The van der Waals surface area contributed by atoms with Crippen molar-refractivity contribution in [2.24, 2.45) is 0 Å². The van der Waals surface area contributed by atoms with Crippen molar-refractivity contribution in [2.75, 3.05) is 0 Å². The van der Waals surface area contributed by atoms with Gasteiger partial charge in [0.25, 0.3) is 0 Å². The molecule has 0 aliphatic carbocycles. The Bertz CT molecular complexity index is 335. The third-order valence-corrected chi connectivity index (χ3v) is 5.81. The summed E-state index contributed by atoms with van der Waals surface area (Å²) < 4.78 is 0. The molecule has 2 nitrogen and oxygen atoms in total. The van der Waals surface area contributed by atoms with E-state index in [0.29, 0.717) is 6.17 Å². The lowest BCUT2D eigenvalue weighted by atomic mass is 10.0. The predicted molar refractivity (Wildman–Crippen MR) is 138 cm³/mol. The Balaban J connectivity index is 3.47. The minimum atomic E-state index is 0.164. The van der Waals surface area contributed by atoms with Gasteiger partial charge in [-0.3, -0.25) is 10.6 Å². The SMILES string of the molecule is CCCCCCCCCCCCCCCCCCCC(NC(C)(C)C)NC(C)(C)C. The Labute approximate surface area is 192 Å². The molecular weight excluding hydrogens is 364 g/mol. The Morgan fingerprint density at radius 3 is 0.967 bits per heavy atom. The van der Waals surface area contributed by atoms with Crippen LogP contribution in [0, 0.1) is 0 Å². The quantitative estimate of drug-likeness (QED) is 0.150. The number of unbranched alkanes of at least 4 members (excludes halogenated alkanes) is 16. The second-order valence-corrected chi connectivity index (χ2v) is 11.8. The molecule has 30 heavy (non-hydrogen) atoms. The van der Waals surface area contributed by atoms with Gasteiger partial charge in [0.15, 0.2) is 0 Å². The van der Waals surface area contributed by atoms with Crippen molar-refractivity contribution in [2.45, 2.75) is 181 Å². The van der Waals surface area contributed by atoms with E-state index in [4.69, 9.17) is 0 Å². The fraction of sp³-hybridized carbons (Fsp3) is 1.00. The topological polar surface area (TPSA) is 24.1 Å². The second-order valence-electron chi connectivity index (χ2n) is 11.8. The minimum Gasteiger partial charge on any atom is -0.297 e. The van der Waals surface area contributed by atoms with Gasteiger partial charge in [-0.1, -0.05) is 116 Å². The van der Waals surface area contributed by atoms with Gasteiger partial charge in [-0.2, -0.15) is 0 Å². The highest BCUT2D eigenvalue weighted by atomic mass is 15.2. The first-order valence-corrected chi connectivity index (χ1v) is 13.7. The standard InChI is InChI=1S/C28H60N2/c1-8-9-10-11-12-13-14-15-16-17-18-19-20-21-22-23-24-25-26(29-27(2,3)4)30-28(5,6)7/h26,29-30H,8-25H2,1-7H3. The van der Waals surface area contributed by atoms with Crippen LogP contribution in [-0.2, 0) is 0 Å². The number of nitrogens with one attached hydrogen (secondary N) is 2. The van der Waals surface area contributed by atoms with Crippen LogP contribution in [0.15, 0.2) is 0 Å². The highest BCUT2D eigenvalue weighted by Crippen LogP contribution is 2.15. The first-order valence-electron chi connectivity index (χ1n) is 13.7. The highest BCUT2D eigenvalue weighted by molar-refractivity contribution is 4.82. The van der Waals surface area contributed by atoms with Crippen LogP contribution < -0.4 is 10.6 Å². The third kappa shape index (κ3) is 24.2. The monoisotopic (exact) mass is 424 g/mol. The Kier molecular flexibility index (Phi) is 18.4. The Morgan fingerprint density at radius 1 is 0.433 bits per heavy atom. The zero-order valence-electron chi connectivity index (χ0n) is 22.3. The number of rotatable bonds is 20. The summed E-state index contributed by atoms with van der Waals surface area (Å²) in [4.78, 5) is 0. The summed E-state index contributed by atoms with van der Waals surface area (Å²) in [6.45, 7) is 15.9. The molecule has 0 radical (unpaired) electrons. The summed E-state index contributed by atoms with van der Waals surface area (Å²) >= 11 is 0. The maximum absolute atomic E-state index is 3.76. The molecule has 0 aliphatic heterocycles. The molecule has 2 N–H and O–H groups in total. The van der Waals surface area contributed by atoms with Crippen LogP contribution in [0.4, 0.5) is 0 Å². The molecule has 0 heterocycles. The van der Waals surface area contributed by atoms with Crippen molar-refractivity contribution < 1.29 is 0 Å². The van der Waals surface area contributed by atoms with Crippen LogP contribution in [0.2, 0.25) is 0 Å². The maximum atomic E-state index is 3.76. The van der Waals surface area contributed by atoms with Gasteiger partial charge >= 0.3 is 0 Å². The van der Waals surface area contributed by atoms with Crippen LogP contribution in [0.25, 0.3) is 0 Å². The van der Waals surface area contributed by atoms with Crippen LogP contribution in [0.1, 0.15) is 164 Å². The third-order valence-electron chi connectivity index (χ3n) is 5.81. The van der Waals surface area contributed by atoms with Gasteiger partial charge in [0, 0.05) is 11.1 Å². The van der Waals surface area contributed by atoms with E-state index in [2.05, 4.69) is 59.1 Å². The molecule has 0 spiro atoms. The Hall–Kier alpha value is -0.0800. The van der Waals surface area contributed by atoms with Crippen molar-refractivity contribution in [3.8, 4) is 0 Å². The number of hydrogen-bond donors (Lipinski definition) is 2. The summed E-state index contributed by atoms with van der Waals surface area (Å²) in [5.41, 5.74) is 0.328. The van der Waals surface area contributed by atoms with Crippen molar-refractivity contribution in [1.82, 2.24) is 10.6 Å². The van der Waals surface area contributed by atoms with E-state index in [1.54, 1.807) is 0 Å². The molecule has 0 amide bonds. The Morgan fingerprint density at radius 2 is 0.700 bits per heavy atom. The largest absolute Gasteiger partial charge is 0.297 e. The fourth-order valence-corrected chi connectivity index (χ4v) is 4.30. The van der Waals surface area contributed by atoms with Gasteiger partial charge in [-0.15, -0.1) is 0 Å². The lowest BCUT2D eigenvalue weighted by Gasteiger charge is -2.34. The van der Waals surface area contributed by atoms with E-state index in [9.17, 15) is 0 Å². The van der Waals surface area contributed by atoms with Crippen LogP contribution in [-0.4, -0.2) is 17.2 Å². The molecule has 0 saturated heterocycles. The zero-order chi connectivity index (χ0) is 22.7. The average Bonchev–Trinajstić information content (AvgIpc) is 2.61. The van der Waals surface area contributed by atoms with Gasteiger partial charge in [0.1, 0.15) is 0 Å². The molecule has 0 fully saturated rings. The van der Waals surface area contributed by atoms with E-state index in [0.717, 1.165) is 0 Å². The second kappa shape index (κ2) is 18.5. The first kappa shape index (κ1) is 29.9. The van der Waals surface area contributed by atoms with Crippen LogP contribution in [0.3, 0.4) is 0 Å². The van der Waals surface area contributed by atoms with E-state index in [1.807, 2.05) is 0 Å². The van der Waals surface area contributed by atoms with Crippen molar-refractivity contribution >= 4 is 0 Å². The molecule has 0 aromatic rings. The highest BCUT2D eigenvalue weighted by Gasteiger charge is 2.21. The summed E-state index contributed by atoms with van der Waals surface area (Å²) in [5, 5.41) is 7.51. The smallest absolute Gasteiger partial charge is 0.0579 e. The molecule has 182 valence electrons. The molecule has 0 saturated carbocycles. The maximum Gasteiger partial charge on any atom is 0.0579 e. The number of hydrogen-bond acceptors (Lipinski definition) is 2. The van der Waals surface area contributed by atoms with Crippen molar-refractivity contribution in [1.29, 1.82) is 0 Å². The summed E-state index contributed by atoms with van der Waals surface area (Å²) in [6.07, 6.45) is 26.1. The normalized spacial score (nSPS) is 12.8. The molecule has 0 rings (SSSR count). The van der Waals surface area contributed by atoms with Gasteiger partial charge in [0.2, 0.25) is 0 Å². The molecule has 0 aromatic carbocycles. The van der Waals surface area contributed by atoms with Gasteiger partial charge in [0.05, 0.1) is 6.17 Å². The average molecular weight is 425 g/mol. The molecule has 0 atom stereocenters. The van der Waals surface area contributed by atoms with Gasteiger partial charge in [-0.05, 0) is 48.0 Å². The zero-order valence-corrected chi connectivity index (χ0v) is 22.3. The molecular formula is C28H60N2. The van der Waals surface area contributed by atoms with Gasteiger partial charge < -0.3 is 0 Å². The van der Waals surface area contributed by atoms with E-state index >= 15 is 0 Å². The summed E-state index contributed by atoms with van der Waals surface area (Å²) in [5.74, 6) is 0. The van der Waals surface area contributed by atoms with Crippen molar-refractivity contribution in [3.63, 3.8) is 0 Å². The minimum absolute atomic E-state index is 0.164. The van der Waals surface area contributed by atoms with E-state index in [-0.39, 0.29) is 11.1 Å². The molecule has 0 aliphatic rings. The van der Waals surface area contributed by atoms with E-state index in [1.165, 1.54) is 116 Å². The lowest BCUT2D eigenvalue weighted by molar-refractivity contribution is 0.247. The first-order chi connectivity index (χ1) is 14.1. The van der Waals surface area contributed by atoms with Gasteiger partial charge in [-0.25, -0.2) is 0 Å². The van der Waals surface area contributed by atoms with Crippen LogP contribution in [0.5, 0.6) is 0 Å². The predicted octanol–water partition coefficient (Wildman–Crippen LogP) is 9.13. The lowest BCUT2D eigenvalue weighted by Crippen LogP contribution is -2.56. The summed E-state index contributed by atoms with van der Waals surface area (Å²) in [6, 6.07) is 0. The fourth-order valence-electron chi connectivity index (χ4n) is 4.30. The molecule has 0 aromatic heterocycles. The van der Waals surface area contributed by atoms with Crippen molar-refractivity contribution in [3.05, 3.63) is 0 Å².